The van der Waals surface area contributed by atoms with Crippen molar-refractivity contribution in [2.75, 3.05) is 26.2 Å². The summed E-state index contributed by atoms with van der Waals surface area (Å²) in [6, 6.07) is 4.16. The number of halogens is 3. The molecule has 1 aromatic carbocycles. The number of nitrogens with one attached hydrogen (secondary N) is 1. The van der Waals surface area contributed by atoms with Crippen LogP contribution in [0.4, 0.5) is 8.78 Å². The zero-order valence-electron chi connectivity index (χ0n) is 11.4. The van der Waals surface area contributed by atoms with Crippen molar-refractivity contribution >= 4 is 12.4 Å². The van der Waals surface area contributed by atoms with Gasteiger partial charge in [0.1, 0.15) is 11.6 Å². The Bertz CT molecular complexity index is 425. The van der Waals surface area contributed by atoms with Crippen LogP contribution in [0.25, 0.3) is 0 Å². The monoisotopic (exact) mass is 302 g/mol. The van der Waals surface area contributed by atoms with E-state index in [1.54, 1.807) is 0 Å². The van der Waals surface area contributed by atoms with Crippen molar-refractivity contribution in [3.8, 4) is 0 Å². The maximum Gasteiger partial charge on any atom is 0.126 e. The minimum Gasteiger partial charge on any atom is -0.314 e. The molecule has 1 aromatic rings. The molecule has 1 N–H and O–H groups in total. The Kier molecular flexibility index (Phi) is 5.35. The zero-order valence-corrected chi connectivity index (χ0v) is 12.3. The summed E-state index contributed by atoms with van der Waals surface area (Å²) in [5, 5.41) is 3.33. The first-order chi connectivity index (χ1) is 9.24. The van der Waals surface area contributed by atoms with Crippen LogP contribution in [0.3, 0.4) is 0 Å². The van der Waals surface area contributed by atoms with E-state index >= 15 is 0 Å². The number of piperazine rings is 1. The summed E-state index contributed by atoms with van der Waals surface area (Å²) in [6.07, 6.45) is 3.59. The summed E-state index contributed by atoms with van der Waals surface area (Å²) < 4.78 is 26.9. The Labute approximate surface area is 124 Å². The Hall–Kier alpha value is -0.710. The van der Waals surface area contributed by atoms with E-state index in [0.717, 1.165) is 37.8 Å². The largest absolute Gasteiger partial charge is 0.314 e. The van der Waals surface area contributed by atoms with Crippen molar-refractivity contribution < 1.29 is 8.78 Å². The maximum absolute atomic E-state index is 13.5. The first kappa shape index (κ1) is 15.7. The van der Waals surface area contributed by atoms with E-state index in [0.29, 0.717) is 5.92 Å². The third-order valence-corrected chi connectivity index (χ3v) is 4.37. The molecule has 1 aliphatic heterocycles. The SMILES string of the molecule is Cl.Fc1cc(F)cc([C@H](C2CCC2)N2CCNCC2)c1. The van der Waals surface area contributed by atoms with Crippen molar-refractivity contribution in [1.29, 1.82) is 0 Å². The summed E-state index contributed by atoms with van der Waals surface area (Å²) in [5.74, 6) is -0.372. The van der Waals surface area contributed by atoms with Crippen LogP contribution < -0.4 is 5.32 Å². The number of nitrogens with zero attached hydrogens (tertiary/aromatic N) is 1. The van der Waals surface area contributed by atoms with Crippen LogP contribution >= 0.6 is 12.4 Å². The van der Waals surface area contributed by atoms with Gasteiger partial charge in [0.15, 0.2) is 0 Å². The van der Waals surface area contributed by atoms with Crippen molar-refractivity contribution in [2.45, 2.75) is 25.3 Å². The predicted octanol–water partition coefficient (Wildman–Crippen LogP) is 3.13. The minimum absolute atomic E-state index is 0. The molecule has 1 heterocycles. The van der Waals surface area contributed by atoms with Gasteiger partial charge in [-0.05, 0) is 36.5 Å². The summed E-state index contributed by atoms with van der Waals surface area (Å²) in [7, 11) is 0. The molecule has 20 heavy (non-hydrogen) atoms. The van der Waals surface area contributed by atoms with Crippen molar-refractivity contribution in [1.82, 2.24) is 10.2 Å². The second kappa shape index (κ2) is 6.83. The van der Waals surface area contributed by atoms with Crippen LogP contribution in [-0.4, -0.2) is 31.1 Å². The van der Waals surface area contributed by atoms with Gasteiger partial charge in [0.2, 0.25) is 0 Å². The highest BCUT2D eigenvalue weighted by atomic mass is 35.5. The van der Waals surface area contributed by atoms with E-state index in [4.69, 9.17) is 0 Å². The fraction of sp³-hybridized carbons (Fsp3) is 0.600. The van der Waals surface area contributed by atoms with E-state index in [1.807, 2.05) is 0 Å². The van der Waals surface area contributed by atoms with Gasteiger partial charge in [0.05, 0.1) is 0 Å². The van der Waals surface area contributed by atoms with Gasteiger partial charge >= 0.3 is 0 Å². The van der Waals surface area contributed by atoms with Crippen molar-refractivity contribution in [3.05, 3.63) is 35.4 Å². The molecule has 5 heteroatoms. The van der Waals surface area contributed by atoms with E-state index in [9.17, 15) is 8.78 Å². The van der Waals surface area contributed by atoms with Gasteiger partial charge in [0, 0.05) is 38.3 Å². The number of hydrogen-bond acceptors (Lipinski definition) is 2. The van der Waals surface area contributed by atoms with E-state index in [1.165, 1.54) is 31.4 Å². The van der Waals surface area contributed by atoms with Crippen LogP contribution in [0.2, 0.25) is 0 Å². The average Bonchev–Trinajstić information content (AvgIpc) is 2.33. The van der Waals surface area contributed by atoms with Crippen molar-refractivity contribution in [3.63, 3.8) is 0 Å². The molecule has 1 saturated heterocycles. The van der Waals surface area contributed by atoms with Gasteiger partial charge < -0.3 is 5.32 Å². The van der Waals surface area contributed by atoms with Gasteiger partial charge in [-0.2, -0.15) is 0 Å². The highest BCUT2D eigenvalue weighted by Crippen LogP contribution is 2.41. The topological polar surface area (TPSA) is 15.3 Å². The fourth-order valence-corrected chi connectivity index (χ4v) is 3.24. The van der Waals surface area contributed by atoms with E-state index in [-0.39, 0.29) is 18.4 Å². The van der Waals surface area contributed by atoms with E-state index in [2.05, 4.69) is 10.2 Å². The number of benzene rings is 1. The Morgan fingerprint density at radius 1 is 1.05 bits per heavy atom. The molecule has 1 atom stereocenters. The molecule has 112 valence electrons. The molecular formula is C15H21ClF2N2. The van der Waals surface area contributed by atoms with Crippen molar-refractivity contribution in [2.24, 2.45) is 5.92 Å². The lowest BCUT2D eigenvalue weighted by Crippen LogP contribution is -2.47. The second-order valence-electron chi connectivity index (χ2n) is 5.62. The quantitative estimate of drug-likeness (QED) is 0.923. The molecule has 0 unspecified atom stereocenters. The summed E-state index contributed by atoms with van der Waals surface area (Å²) in [4.78, 5) is 2.38. The first-order valence-electron chi connectivity index (χ1n) is 7.15. The average molecular weight is 303 g/mol. The normalized spacial score (nSPS) is 21.9. The Morgan fingerprint density at radius 3 is 2.15 bits per heavy atom. The first-order valence-corrected chi connectivity index (χ1v) is 7.15. The third-order valence-electron chi connectivity index (χ3n) is 4.37. The molecular weight excluding hydrogens is 282 g/mol. The van der Waals surface area contributed by atoms with Gasteiger partial charge in [-0.25, -0.2) is 8.78 Å². The molecule has 2 aliphatic rings. The molecule has 0 bridgehead atoms. The summed E-state index contributed by atoms with van der Waals surface area (Å²) in [5.41, 5.74) is 0.809. The number of rotatable bonds is 3. The van der Waals surface area contributed by atoms with Crippen LogP contribution in [-0.2, 0) is 0 Å². The molecule has 0 amide bonds. The molecule has 1 saturated carbocycles. The van der Waals surface area contributed by atoms with Gasteiger partial charge in [-0.3, -0.25) is 4.90 Å². The molecule has 0 spiro atoms. The highest BCUT2D eigenvalue weighted by Gasteiger charge is 2.33. The Morgan fingerprint density at radius 2 is 1.65 bits per heavy atom. The lowest BCUT2D eigenvalue weighted by molar-refractivity contribution is 0.0833. The van der Waals surface area contributed by atoms with Gasteiger partial charge in [0.25, 0.3) is 0 Å². The van der Waals surface area contributed by atoms with Gasteiger partial charge in [-0.15, -0.1) is 12.4 Å². The lowest BCUT2D eigenvalue weighted by atomic mass is 9.76. The summed E-state index contributed by atoms with van der Waals surface area (Å²) in [6.45, 7) is 3.83. The fourth-order valence-electron chi connectivity index (χ4n) is 3.24. The smallest absolute Gasteiger partial charge is 0.126 e. The zero-order chi connectivity index (χ0) is 13.2. The molecule has 2 nitrogen and oxygen atoms in total. The Balaban J connectivity index is 0.00000147. The third kappa shape index (κ3) is 3.30. The molecule has 0 aromatic heterocycles. The molecule has 1 aliphatic carbocycles. The second-order valence-corrected chi connectivity index (χ2v) is 5.62. The number of hydrogen-bond donors (Lipinski definition) is 1. The predicted molar refractivity (Wildman–Crippen MR) is 78.1 cm³/mol. The van der Waals surface area contributed by atoms with Crippen LogP contribution in [0.1, 0.15) is 30.9 Å². The summed E-state index contributed by atoms with van der Waals surface area (Å²) >= 11 is 0. The van der Waals surface area contributed by atoms with Crippen LogP contribution in [0, 0.1) is 17.6 Å². The molecule has 2 fully saturated rings. The van der Waals surface area contributed by atoms with E-state index < -0.39 is 11.6 Å². The van der Waals surface area contributed by atoms with Crippen LogP contribution in [0.15, 0.2) is 18.2 Å². The highest BCUT2D eigenvalue weighted by molar-refractivity contribution is 5.85. The van der Waals surface area contributed by atoms with Gasteiger partial charge in [-0.1, -0.05) is 6.42 Å². The standard InChI is InChI=1S/C15H20F2N2.ClH/c16-13-8-12(9-14(17)10-13)15(11-2-1-3-11)19-6-4-18-5-7-19;/h8-11,15,18H,1-7H2;1H/t15-;/m0./s1. The molecule has 0 radical (unpaired) electrons. The maximum atomic E-state index is 13.5. The minimum atomic E-state index is -0.463. The lowest BCUT2D eigenvalue weighted by Gasteiger charge is -2.43. The molecule has 3 rings (SSSR count). The van der Waals surface area contributed by atoms with Crippen LogP contribution in [0.5, 0.6) is 0 Å².